The molecule has 2 aromatic carbocycles. The van der Waals surface area contributed by atoms with Crippen LogP contribution in [0.4, 0.5) is 0 Å². The Kier molecular flexibility index (Phi) is 3.25. The van der Waals surface area contributed by atoms with Gasteiger partial charge in [-0.3, -0.25) is 9.59 Å². The lowest BCUT2D eigenvalue weighted by Gasteiger charge is -2.20. The molecule has 0 heterocycles. The molecule has 98 valence electrons. The van der Waals surface area contributed by atoms with Crippen LogP contribution >= 0.6 is 0 Å². The molecule has 0 saturated heterocycles. The smallest absolute Gasteiger partial charge is 0.321 e. The predicted octanol–water partition coefficient (Wildman–Crippen LogP) is 2.56. The average Bonchev–Trinajstić information content (AvgIpc) is 2.38. The maximum Gasteiger partial charge on any atom is 0.321 e. The molecule has 4 heteroatoms. The van der Waals surface area contributed by atoms with Gasteiger partial charge in [0.05, 0.1) is 0 Å². The van der Waals surface area contributed by atoms with Gasteiger partial charge in [0.25, 0.3) is 0 Å². The van der Waals surface area contributed by atoms with Crippen molar-refractivity contribution in [2.75, 3.05) is 0 Å². The van der Waals surface area contributed by atoms with E-state index < -0.39 is 17.4 Å². The molecule has 0 aliphatic rings. The highest BCUT2D eigenvalue weighted by atomic mass is 16.4. The Labute approximate surface area is 110 Å². The molecule has 0 saturated carbocycles. The first-order valence-electron chi connectivity index (χ1n) is 5.88. The summed E-state index contributed by atoms with van der Waals surface area (Å²) in [6, 6.07) is 13.0. The minimum absolute atomic E-state index is 0.0426. The third kappa shape index (κ3) is 2.29. The third-order valence-electron chi connectivity index (χ3n) is 3.37. The van der Waals surface area contributed by atoms with Crippen molar-refractivity contribution in [2.45, 2.75) is 13.3 Å². The van der Waals surface area contributed by atoms with Crippen LogP contribution in [0.15, 0.2) is 42.5 Å². The lowest BCUT2D eigenvalue weighted by Crippen LogP contribution is -2.38. The molecule has 0 aliphatic carbocycles. The molecule has 2 N–H and O–H groups in total. The number of carboxylic acid groups (broad SMARTS) is 2. The summed E-state index contributed by atoms with van der Waals surface area (Å²) in [5.74, 6) is -2.65. The molecule has 0 atom stereocenters. The van der Waals surface area contributed by atoms with E-state index in [0.717, 1.165) is 16.3 Å². The number of hydrogen-bond donors (Lipinski definition) is 2. The lowest BCUT2D eigenvalue weighted by atomic mass is 9.82. The second-order valence-corrected chi connectivity index (χ2v) is 4.76. The number of carboxylic acids is 2. The highest BCUT2D eigenvalue weighted by Gasteiger charge is 2.41. The van der Waals surface area contributed by atoms with Gasteiger partial charge in [0.15, 0.2) is 5.41 Å². The zero-order valence-electron chi connectivity index (χ0n) is 10.5. The molecule has 0 spiro atoms. The minimum atomic E-state index is -1.82. The summed E-state index contributed by atoms with van der Waals surface area (Å²) in [5, 5.41) is 20.2. The van der Waals surface area contributed by atoms with Crippen LogP contribution in [0.25, 0.3) is 10.8 Å². The van der Waals surface area contributed by atoms with Gasteiger partial charge in [-0.2, -0.15) is 0 Å². The van der Waals surface area contributed by atoms with Gasteiger partial charge in [-0.1, -0.05) is 42.5 Å². The number of fused-ring (bicyclic) bond motifs is 1. The van der Waals surface area contributed by atoms with Gasteiger partial charge in [0, 0.05) is 0 Å². The van der Waals surface area contributed by atoms with Crippen molar-refractivity contribution in [1.82, 2.24) is 0 Å². The highest BCUT2D eigenvalue weighted by Crippen LogP contribution is 2.28. The fourth-order valence-corrected chi connectivity index (χ4v) is 2.07. The molecule has 0 aliphatic heterocycles. The van der Waals surface area contributed by atoms with Gasteiger partial charge < -0.3 is 10.2 Å². The first kappa shape index (κ1) is 13.1. The second-order valence-electron chi connectivity index (χ2n) is 4.76. The van der Waals surface area contributed by atoms with E-state index in [1.807, 2.05) is 36.4 Å². The molecule has 2 aromatic rings. The number of carbonyl (C=O) groups is 2. The largest absolute Gasteiger partial charge is 0.480 e. The summed E-state index contributed by atoms with van der Waals surface area (Å²) in [4.78, 5) is 22.4. The van der Waals surface area contributed by atoms with Crippen molar-refractivity contribution in [2.24, 2.45) is 5.41 Å². The molecule has 19 heavy (non-hydrogen) atoms. The van der Waals surface area contributed by atoms with E-state index in [0.29, 0.717) is 0 Å². The standard InChI is InChI=1S/C15H14O4/c1-15(13(16)17,14(18)19)9-11-7-4-6-10-5-2-3-8-12(10)11/h2-8H,9H2,1H3,(H,16,17)(H,18,19). The maximum atomic E-state index is 11.2. The van der Waals surface area contributed by atoms with E-state index in [2.05, 4.69) is 0 Å². The van der Waals surface area contributed by atoms with E-state index in [1.54, 1.807) is 6.07 Å². The Morgan fingerprint density at radius 3 is 2.21 bits per heavy atom. The molecular formula is C15H14O4. The molecule has 0 fully saturated rings. The molecule has 0 bridgehead atoms. The van der Waals surface area contributed by atoms with E-state index in [1.165, 1.54) is 6.92 Å². The molecular weight excluding hydrogens is 244 g/mol. The van der Waals surface area contributed by atoms with Gasteiger partial charge in [0.1, 0.15) is 0 Å². The van der Waals surface area contributed by atoms with E-state index in [4.69, 9.17) is 10.2 Å². The fourth-order valence-electron chi connectivity index (χ4n) is 2.07. The maximum absolute atomic E-state index is 11.2. The normalized spacial score (nSPS) is 11.4. The summed E-state index contributed by atoms with van der Waals surface area (Å²) >= 11 is 0. The quantitative estimate of drug-likeness (QED) is 0.826. The Balaban J connectivity index is 2.51. The molecule has 0 radical (unpaired) electrons. The van der Waals surface area contributed by atoms with Crippen LogP contribution in [0.2, 0.25) is 0 Å². The number of hydrogen-bond acceptors (Lipinski definition) is 2. The van der Waals surface area contributed by atoms with Crippen molar-refractivity contribution in [3.8, 4) is 0 Å². The summed E-state index contributed by atoms with van der Waals surface area (Å²) in [6.45, 7) is 1.24. The van der Waals surface area contributed by atoms with Gasteiger partial charge in [0.2, 0.25) is 0 Å². The van der Waals surface area contributed by atoms with E-state index in [-0.39, 0.29) is 6.42 Å². The molecule has 0 amide bonds. The van der Waals surface area contributed by atoms with E-state index >= 15 is 0 Å². The summed E-state index contributed by atoms with van der Waals surface area (Å²) in [5.41, 5.74) is -1.09. The zero-order valence-corrected chi connectivity index (χ0v) is 10.5. The van der Waals surface area contributed by atoms with Crippen LogP contribution in [-0.4, -0.2) is 22.2 Å². The Morgan fingerprint density at radius 1 is 1.00 bits per heavy atom. The number of rotatable bonds is 4. The first-order chi connectivity index (χ1) is 8.95. The highest BCUT2D eigenvalue weighted by molar-refractivity contribution is 5.98. The molecule has 0 aromatic heterocycles. The fraction of sp³-hybridized carbons (Fsp3) is 0.200. The van der Waals surface area contributed by atoms with Crippen molar-refractivity contribution in [3.63, 3.8) is 0 Å². The molecule has 2 rings (SSSR count). The first-order valence-corrected chi connectivity index (χ1v) is 5.88. The predicted molar refractivity (Wildman–Crippen MR) is 71.0 cm³/mol. The zero-order chi connectivity index (χ0) is 14.0. The van der Waals surface area contributed by atoms with Gasteiger partial charge in [-0.15, -0.1) is 0 Å². The SMILES string of the molecule is CC(Cc1cccc2ccccc12)(C(=O)O)C(=O)O. The number of aliphatic carboxylic acids is 2. The average molecular weight is 258 g/mol. The van der Waals surface area contributed by atoms with Crippen LogP contribution in [0.3, 0.4) is 0 Å². The van der Waals surface area contributed by atoms with Crippen LogP contribution in [0.1, 0.15) is 12.5 Å². The Hall–Kier alpha value is -2.36. The van der Waals surface area contributed by atoms with Crippen molar-refractivity contribution >= 4 is 22.7 Å². The summed E-state index contributed by atoms with van der Waals surface area (Å²) in [6.07, 6.45) is -0.0426. The van der Waals surface area contributed by atoms with Crippen molar-refractivity contribution < 1.29 is 19.8 Å². The van der Waals surface area contributed by atoms with Crippen LogP contribution in [-0.2, 0) is 16.0 Å². The lowest BCUT2D eigenvalue weighted by molar-refractivity contribution is -0.163. The van der Waals surface area contributed by atoms with Crippen molar-refractivity contribution in [1.29, 1.82) is 0 Å². The van der Waals surface area contributed by atoms with Gasteiger partial charge >= 0.3 is 11.9 Å². The second kappa shape index (κ2) is 4.72. The monoisotopic (exact) mass is 258 g/mol. The van der Waals surface area contributed by atoms with Crippen LogP contribution in [0.5, 0.6) is 0 Å². The Morgan fingerprint density at radius 2 is 1.58 bits per heavy atom. The van der Waals surface area contributed by atoms with Gasteiger partial charge in [-0.05, 0) is 29.7 Å². The third-order valence-corrected chi connectivity index (χ3v) is 3.37. The summed E-state index contributed by atoms with van der Waals surface area (Å²) in [7, 11) is 0. The van der Waals surface area contributed by atoms with Crippen LogP contribution < -0.4 is 0 Å². The Bertz CT molecular complexity index is 626. The minimum Gasteiger partial charge on any atom is -0.480 e. The van der Waals surface area contributed by atoms with Crippen molar-refractivity contribution in [3.05, 3.63) is 48.0 Å². The molecule has 0 unspecified atom stereocenters. The van der Waals surface area contributed by atoms with Gasteiger partial charge in [-0.25, -0.2) is 0 Å². The summed E-state index contributed by atoms with van der Waals surface area (Å²) < 4.78 is 0. The molecule has 4 nitrogen and oxygen atoms in total. The number of benzene rings is 2. The van der Waals surface area contributed by atoms with E-state index in [9.17, 15) is 9.59 Å². The van der Waals surface area contributed by atoms with Crippen LogP contribution in [0, 0.1) is 5.41 Å². The topological polar surface area (TPSA) is 74.6 Å².